The number of pyridine rings is 1. The maximum absolute atomic E-state index is 12.2. The molecule has 0 aliphatic rings. The Morgan fingerprint density at radius 2 is 2.00 bits per heavy atom. The Kier molecular flexibility index (Phi) is 8.51. The lowest BCUT2D eigenvalue weighted by Gasteiger charge is -2.16. The van der Waals surface area contributed by atoms with Crippen molar-refractivity contribution in [3.63, 3.8) is 0 Å². The van der Waals surface area contributed by atoms with Crippen LogP contribution in [0.5, 0.6) is 5.88 Å². The van der Waals surface area contributed by atoms with E-state index in [2.05, 4.69) is 34.5 Å². The molecule has 0 amide bonds. The van der Waals surface area contributed by atoms with E-state index in [4.69, 9.17) is 4.74 Å². The van der Waals surface area contributed by atoms with Crippen molar-refractivity contribution >= 4 is 5.96 Å². The van der Waals surface area contributed by atoms with E-state index in [-0.39, 0.29) is 12.6 Å². The summed E-state index contributed by atoms with van der Waals surface area (Å²) in [5.74, 6) is 1.38. The summed E-state index contributed by atoms with van der Waals surface area (Å²) in [7, 11) is 1.51. The third kappa shape index (κ3) is 9.79. The average Bonchev–Trinajstić information content (AvgIpc) is 2.49. The van der Waals surface area contributed by atoms with Gasteiger partial charge in [0.2, 0.25) is 5.88 Å². The van der Waals surface area contributed by atoms with Gasteiger partial charge in [-0.2, -0.15) is 13.2 Å². The number of hydrogen-bond donors (Lipinski definition) is 2. The molecule has 142 valence electrons. The second kappa shape index (κ2) is 10.1. The van der Waals surface area contributed by atoms with Gasteiger partial charge in [0.1, 0.15) is 0 Å². The normalized spacial score (nSPS) is 13.7. The second-order valence-electron chi connectivity index (χ2n) is 6.28. The number of guanidine groups is 1. The molecule has 25 heavy (non-hydrogen) atoms. The number of aliphatic imine (C=N–C) groups is 1. The molecule has 8 heteroatoms. The number of ether oxygens (including phenoxy) is 1. The van der Waals surface area contributed by atoms with E-state index in [9.17, 15) is 13.2 Å². The summed E-state index contributed by atoms with van der Waals surface area (Å²) >= 11 is 0. The van der Waals surface area contributed by atoms with Crippen molar-refractivity contribution in [3.8, 4) is 5.88 Å². The van der Waals surface area contributed by atoms with Crippen LogP contribution in [-0.2, 0) is 6.54 Å². The van der Waals surface area contributed by atoms with Gasteiger partial charge in [0.15, 0.2) is 5.96 Å². The smallest absolute Gasteiger partial charge is 0.390 e. The van der Waals surface area contributed by atoms with Gasteiger partial charge in [0, 0.05) is 32.4 Å². The molecule has 0 saturated heterocycles. The highest BCUT2D eigenvalue weighted by molar-refractivity contribution is 5.79. The number of rotatable bonds is 8. The summed E-state index contributed by atoms with van der Waals surface area (Å²) in [6.45, 7) is 6.44. The van der Waals surface area contributed by atoms with Gasteiger partial charge in [-0.1, -0.05) is 13.8 Å². The molecule has 0 bridgehead atoms. The van der Waals surface area contributed by atoms with Crippen LogP contribution in [0, 0.1) is 5.92 Å². The van der Waals surface area contributed by atoms with Crippen LogP contribution in [0.2, 0.25) is 0 Å². The average molecular weight is 360 g/mol. The van der Waals surface area contributed by atoms with Crippen molar-refractivity contribution in [3.05, 3.63) is 23.9 Å². The molecule has 2 N–H and O–H groups in total. The molecule has 0 radical (unpaired) electrons. The Bertz CT molecular complexity index is 547. The zero-order valence-corrected chi connectivity index (χ0v) is 15.2. The number of aromatic nitrogens is 1. The van der Waals surface area contributed by atoms with E-state index in [1.807, 2.05) is 19.1 Å². The van der Waals surface area contributed by atoms with Crippen molar-refractivity contribution in [1.29, 1.82) is 0 Å². The fraction of sp³-hybridized carbons (Fsp3) is 0.647. The molecule has 1 rings (SSSR count). The van der Waals surface area contributed by atoms with Crippen molar-refractivity contribution in [2.45, 2.75) is 52.4 Å². The van der Waals surface area contributed by atoms with Gasteiger partial charge >= 0.3 is 6.18 Å². The van der Waals surface area contributed by atoms with Crippen LogP contribution in [0.25, 0.3) is 0 Å². The largest absolute Gasteiger partial charge is 0.475 e. The van der Waals surface area contributed by atoms with Gasteiger partial charge in [-0.05, 0) is 30.9 Å². The van der Waals surface area contributed by atoms with Crippen molar-refractivity contribution in [2.24, 2.45) is 10.9 Å². The first-order chi connectivity index (χ1) is 11.7. The molecule has 0 aliphatic heterocycles. The molecule has 1 unspecified atom stereocenters. The van der Waals surface area contributed by atoms with Crippen molar-refractivity contribution in [2.75, 3.05) is 13.6 Å². The molecule has 0 aliphatic carbocycles. The second-order valence-corrected chi connectivity index (χ2v) is 6.28. The molecule has 1 aromatic rings. The quantitative estimate of drug-likeness (QED) is 0.550. The zero-order chi connectivity index (χ0) is 18.9. The predicted octanol–water partition coefficient (Wildman–Crippen LogP) is 3.51. The molecule has 0 saturated carbocycles. The molecular weight excluding hydrogens is 333 g/mol. The maximum Gasteiger partial charge on any atom is 0.390 e. The topological polar surface area (TPSA) is 58.5 Å². The van der Waals surface area contributed by atoms with Gasteiger partial charge < -0.3 is 15.4 Å². The fourth-order valence-electron chi connectivity index (χ4n) is 2.27. The van der Waals surface area contributed by atoms with Crippen LogP contribution in [0.15, 0.2) is 23.3 Å². The van der Waals surface area contributed by atoms with Crippen molar-refractivity contribution < 1.29 is 17.9 Å². The molecular formula is C17H27F3N4O. The van der Waals surface area contributed by atoms with Gasteiger partial charge in [-0.25, -0.2) is 4.98 Å². The third-order valence-electron chi connectivity index (χ3n) is 3.31. The van der Waals surface area contributed by atoms with Crippen LogP contribution in [-0.4, -0.2) is 36.8 Å². The zero-order valence-electron chi connectivity index (χ0n) is 15.2. The first-order valence-corrected chi connectivity index (χ1v) is 8.32. The number of nitrogens with one attached hydrogen (secondary N) is 2. The highest BCUT2D eigenvalue weighted by Gasteiger charge is 2.26. The lowest BCUT2D eigenvalue weighted by molar-refractivity contribution is -0.132. The molecule has 1 heterocycles. The standard InChI is InChI=1S/C17H27F3N4O/c1-12(2)9-13(3)25-15-10-14(5-7-22-15)11-24-16(21-4)23-8-6-17(18,19)20/h5,7,10,12-13H,6,8-9,11H2,1-4H3,(H2,21,23,24). The lowest BCUT2D eigenvalue weighted by atomic mass is 10.1. The molecule has 1 aromatic heterocycles. The van der Waals surface area contributed by atoms with E-state index in [1.165, 1.54) is 7.05 Å². The summed E-state index contributed by atoms with van der Waals surface area (Å²) in [6, 6.07) is 3.63. The first-order valence-electron chi connectivity index (χ1n) is 8.32. The highest BCUT2D eigenvalue weighted by atomic mass is 19.4. The lowest BCUT2D eigenvalue weighted by Crippen LogP contribution is -2.38. The Morgan fingerprint density at radius 3 is 2.60 bits per heavy atom. The van der Waals surface area contributed by atoms with Crippen LogP contribution < -0.4 is 15.4 Å². The SMILES string of the molecule is CN=C(NCCC(F)(F)F)NCc1ccnc(OC(C)CC(C)C)c1. The van der Waals surface area contributed by atoms with Gasteiger partial charge in [-0.3, -0.25) is 4.99 Å². The molecule has 5 nitrogen and oxygen atoms in total. The Hall–Kier alpha value is -1.99. The minimum absolute atomic E-state index is 0.0625. The molecule has 0 spiro atoms. The summed E-state index contributed by atoms with van der Waals surface area (Å²) in [4.78, 5) is 8.10. The van der Waals surface area contributed by atoms with E-state index in [0.717, 1.165) is 12.0 Å². The van der Waals surface area contributed by atoms with Crippen LogP contribution >= 0.6 is 0 Å². The minimum atomic E-state index is -4.18. The van der Waals surface area contributed by atoms with E-state index >= 15 is 0 Å². The maximum atomic E-state index is 12.2. The number of halogens is 3. The van der Waals surface area contributed by atoms with E-state index < -0.39 is 12.6 Å². The fourth-order valence-corrected chi connectivity index (χ4v) is 2.27. The first kappa shape index (κ1) is 21.1. The van der Waals surface area contributed by atoms with Crippen LogP contribution in [0.3, 0.4) is 0 Å². The van der Waals surface area contributed by atoms with Crippen molar-refractivity contribution in [1.82, 2.24) is 15.6 Å². The summed E-state index contributed by atoms with van der Waals surface area (Å²) in [5, 5.41) is 5.61. The molecule has 1 atom stereocenters. The third-order valence-corrected chi connectivity index (χ3v) is 3.31. The monoisotopic (exact) mass is 360 g/mol. The number of alkyl halides is 3. The highest BCUT2D eigenvalue weighted by Crippen LogP contribution is 2.18. The Balaban J connectivity index is 2.49. The number of hydrogen-bond acceptors (Lipinski definition) is 3. The van der Waals surface area contributed by atoms with Gasteiger partial charge in [0.05, 0.1) is 12.5 Å². The van der Waals surface area contributed by atoms with Gasteiger partial charge in [-0.15, -0.1) is 0 Å². The van der Waals surface area contributed by atoms with Crippen LogP contribution in [0.4, 0.5) is 13.2 Å². The summed E-state index contributed by atoms with van der Waals surface area (Å²) in [6.07, 6.45) is -2.45. The van der Waals surface area contributed by atoms with Gasteiger partial charge in [0.25, 0.3) is 0 Å². The van der Waals surface area contributed by atoms with Crippen LogP contribution in [0.1, 0.15) is 39.2 Å². The summed E-state index contributed by atoms with van der Waals surface area (Å²) in [5.41, 5.74) is 0.903. The predicted molar refractivity (Wildman–Crippen MR) is 92.7 cm³/mol. The number of nitrogens with zero attached hydrogens (tertiary/aromatic N) is 2. The Morgan fingerprint density at radius 1 is 1.28 bits per heavy atom. The Labute approximate surface area is 147 Å². The molecule has 0 aromatic carbocycles. The molecule has 0 fully saturated rings. The van der Waals surface area contributed by atoms with E-state index in [0.29, 0.717) is 24.3 Å². The van der Waals surface area contributed by atoms with E-state index in [1.54, 1.807) is 6.20 Å². The minimum Gasteiger partial charge on any atom is -0.475 e. The summed E-state index contributed by atoms with van der Waals surface area (Å²) < 4.78 is 42.3.